The molecule has 3 N–H and O–H groups in total. The average Bonchev–Trinajstić information content (AvgIpc) is 2.54. The lowest BCUT2D eigenvalue weighted by molar-refractivity contribution is -0.393. The Bertz CT molecular complexity index is 849. The fraction of sp³-hybridized carbons (Fsp3) is 0.0714. The molecule has 0 aromatic heterocycles. The third-order valence-electron chi connectivity index (χ3n) is 3.10. The van der Waals surface area contributed by atoms with E-state index in [2.05, 4.69) is 10.5 Å². The zero-order valence-corrected chi connectivity index (χ0v) is 12.3. The number of anilines is 1. The summed E-state index contributed by atoms with van der Waals surface area (Å²) in [6, 6.07) is 6.93. The zero-order chi connectivity index (χ0) is 17.9. The molecule has 0 aliphatic carbocycles. The van der Waals surface area contributed by atoms with E-state index in [1.807, 2.05) is 0 Å². The highest BCUT2D eigenvalue weighted by Gasteiger charge is 2.19. The van der Waals surface area contributed by atoms with E-state index in [9.17, 15) is 30.4 Å². The van der Waals surface area contributed by atoms with E-state index >= 15 is 0 Å². The van der Waals surface area contributed by atoms with Crippen LogP contribution in [-0.2, 0) is 0 Å². The molecule has 0 radical (unpaired) electrons. The number of phenols is 2. The molecule has 0 unspecified atom stereocenters. The van der Waals surface area contributed by atoms with Crippen molar-refractivity contribution >= 4 is 22.8 Å². The van der Waals surface area contributed by atoms with Crippen LogP contribution in [0.25, 0.3) is 0 Å². The van der Waals surface area contributed by atoms with Gasteiger partial charge in [-0.05, 0) is 31.2 Å². The van der Waals surface area contributed by atoms with Gasteiger partial charge in [-0.15, -0.1) is 0 Å². The van der Waals surface area contributed by atoms with Crippen LogP contribution in [-0.4, -0.2) is 25.8 Å². The van der Waals surface area contributed by atoms with Crippen LogP contribution in [0, 0.1) is 20.2 Å². The number of phenolic OH excluding ortho intramolecular Hbond substituents is 2. The highest BCUT2D eigenvalue weighted by molar-refractivity contribution is 6.01. The van der Waals surface area contributed by atoms with Crippen molar-refractivity contribution in [2.45, 2.75) is 6.92 Å². The van der Waals surface area contributed by atoms with E-state index in [-0.39, 0.29) is 28.5 Å². The van der Waals surface area contributed by atoms with Crippen molar-refractivity contribution < 1.29 is 20.1 Å². The number of rotatable bonds is 5. The van der Waals surface area contributed by atoms with Gasteiger partial charge in [-0.25, -0.2) is 0 Å². The van der Waals surface area contributed by atoms with E-state index in [0.717, 1.165) is 18.2 Å². The van der Waals surface area contributed by atoms with Crippen LogP contribution in [0.1, 0.15) is 12.5 Å². The lowest BCUT2D eigenvalue weighted by Crippen LogP contribution is -2.02. The summed E-state index contributed by atoms with van der Waals surface area (Å²) < 4.78 is 0. The van der Waals surface area contributed by atoms with Crippen molar-refractivity contribution in [1.82, 2.24) is 0 Å². The normalized spacial score (nSPS) is 11.1. The van der Waals surface area contributed by atoms with E-state index in [1.165, 1.54) is 25.1 Å². The van der Waals surface area contributed by atoms with Crippen LogP contribution in [0.4, 0.5) is 17.1 Å². The fourth-order valence-electron chi connectivity index (χ4n) is 1.90. The van der Waals surface area contributed by atoms with Gasteiger partial charge in [0.25, 0.3) is 5.69 Å². The predicted octanol–water partition coefficient (Wildman–Crippen LogP) is 2.75. The first-order valence-electron chi connectivity index (χ1n) is 6.55. The molecular formula is C14H12N4O6. The molecule has 0 heterocycles. The van der Waals surface area contributed by atoms with Crippen LogP contribution in [0.3, 0.4) is 0 Å². The molecular weight excluding hydrogens is 320 g/mol. The molecule has 24 heavy (non-hydrogen) atoms. The van der Waals surface area contributed by atoms with Crippen molar-refractivity contribution in [2.75, 3.05) is 5.43 Å². The minimum atomic E-state index is -0.772. The number of hydrogen-bond acceptors (Lipinski definition) is 8. The summed E-state index contributed by atoms with van der Waals surface area (Å²) in [5.41, 5.74) is 1.93. The maximum Gasteiger partial charge on any atom is 0.301 e. The summed E-state index contributed by atoms with van der Waals surface area (Å²) in [6.45, 7) is 1.51. The van der Waals surface area contributed by atoms with Crippen molar-refractivity contribution in [3.63, 3.8) is 0 Å². The largest absolute Gasteiger partial charge is 0.508 e. The summed E-state index contributed by atoms with van der Waals surface area (Å²) in [7, 11) is 0. The second kappa shape index (κ2) is 6.60. The molecule has 124 valence electrons. The average molecular weight is 332 g/mol. The monoisotopic (exact) mass is 332 g/mol. The number of hydrazone groups is 1. The quantitative estimate of drug-likeness (QED) is 0.329. The van der Waals surface area contributed by atoms with E-state index in [4.69, 9.17) is 0 Å². The Labute approximate surface area is 135 Å². The number of aromatic hydroxyl groups is 2. The van der Waals surface area contributed by atoms with Crippen molar-refractivity contribution in [2.24, 2.45) is 5.10 Å². The summed E-state index contributed by atoms with van der Waals surface area (Å²) in [5, 5.41) is 44.8. The molecule has 0 bridgehead atoms. The van der Waals surface area contributed by atoms with Gasteiger partial charge in [-0.1, -0.05) is 0 Å². The summed E-state index contributed by atoms with van der Waals surface area (Å²) >= 11 is 0. The molecule has 0 saturated carbocycles. The van der Waals surface area contributed by atoms with Crippen LogP contribution < -0.4 is 5.43 Å². The van der Waals surface area contributed by atoms with Crippen molar-refractivity contribution in [3.8, 4) is 11.5 Å². The standard InChI is InChI=1S/C14H12N4O6/c1-8(11-7-10(19)3-5-14(11)20)15-16-12-4-2-9(17(21)22)6-13(12)18(23)24/h2-7,16,19-20H,1H3/b15-8+. The first-order chi connectivity index (χ1) is 11.3. The van der Waals surface area contributed by atoms with Crippen LogP contribution in [0.15, 0.2) is 41.5 Å². The van der Waals surface area contributed by atoms with Crippen molar-refractivity contribution in [3.05, 3.63) is 62.2 Å². The highest BCUT2D eigenvalue weighted by atomic mass is 16.6. The number of nitrogens with one attached hydrogen (secondary N) is 1. The molecule has 0 amide bonds. The molecule has 0 aliphatic rings. The Morgan fingerprint density at radius 1 is 1.08 bits per heavy atom. The van der Waals surface area contributed by atoms with E-state index in [0.29, 0.717) is 0 Å². The van der Waals surface area contributed by atoms with Gasteiger partial charge in [0.1, 0.15) is 17.2 Å². The smallest absolute Gasteiger partial charge is 0.301 e. The van der Waals surface area contributed by atoms with Gasteiger partial charge < -0.3 is 10.2 Å². The number of nitrogens with zero attached hydrogens (tertiary/aromatic N) is 3. The van der Waals surface area contributed by atoms with Gasteiger partial charge in [-0.3, -0.25) is 25.7 Å². The molecule has 2 aromatic carbocycles. The Balaban J connectivity index is 2.35. The van der Waals surface area contributed by atoms with Gasteiger partial charge >= 0.3 is 5.69 Å². The van der Waals surface area contributed by atoms with Gasteiger partial charge in [0.15, 0.2) is 0 Å². The minimum absolute atomic E-state index is 0.0513. The second-order valence-corrected chi connectivity index (χ2v) is 4.73. The predicted molar refractivity (Wildman–Crippen MR) is 85.4 cm³/mol. The third-order valence-corrected chi connectivity index (χ3v) is 3.10. The number of hydrogen-bond donors (Lipinski definition) is 3. The summed E-state index contributed by atoms with van der Waals surface area (Å²) in [5.74, 6) is -0.215. The molecule has 10 heteroatoms. The van der Waals surface area contributed by atoms with Gasteiger partial charge in [0.2, 0.25) is 0 Å². The van der Waals surface area contributed by atoms with Gasteiger partial charge in [0, 0.05) is 11.6 Å². The topological polar surface area (TPSA) is 151 Å². The first-order valence-corrected chi connectivity index (χ1v) is 6.55. The lowest BCUT2D eigenvalue weighted by atomic mass is 10.1. The van der Waals surface area contributed by atoms with Gasteiger partial charge in [-0.2, -0.15) is 5.10 Å². The van der Waals surface area contributed by atoms with E-state index < -0.39 is 21.2 Å². The fourth-order valence-corrected chi connectivity index (χ4v) is 1.90. The molecule has 2 aromatic rings. The molecule has 0 saturated heterocycles. The molecule has 0 aliphatic heterocycles. The Kier molecular flexibility index (Phi) is 4.59. The molecule has 0 spiro atoms. The first kappa shape index (κ1) is 16.7. The molecule has 0 atom stereocenters. The van der Waals surface area contributed by atoms with Crippen LogP contribution in [0.2, 0.25) is 0 Å². The molecule has 10 nitrogen and oxygen atoms in total. The zero-order valence-electron chi connectivity index (χ0n) is 12.3. The SMILES string of the molecule is C/C(=N\Nc1ccc([N+](=O)[O-])cc1[N+](=O)[O-])c1cc(O)ccc1O. The number of non-ortho nitro benzene ring substituents is 1. The maximum atomic E-state index is 11.0. The van der Waals surface area contributed by atoms with E-state index in [1.54, 1.807) is 0 Å². The lowest BCUT2D eigenvalue weighted by Gasteiger charge is -2.06. The van der Waals surface area contributed by atoms with Crippen LogP contribution >= 0.6 is 0 Å². The maximum absolute atomic E-state index is 11.0. The van der Waals surface area contributed by atoms with Gasteiger partial charge in [0.05, 0.1) is 21.6 Å². The van der Waals surface area contributed by atoms with Crippen LogP contribution in [0.5, 0.6) is 11.5 Å². The third kappa shape index (κ3) is 3.55. The second-order valence-electron chi connectivity index (χ2n) is 4.73. The molecule has 0 fully saturated rings. The number of nitro groups is 2. The summed E-state index contributed by atoms with van der Waals surface area (Å²) in [6.07, 6.45) is 0. The Hall–Kier alpha value is -3.69. The summed E-state index contributed by atoms with van der Waals surface area (Å²) in [4.78, 5) is 20.2. The number of nitro benzene ring substituents is 2. The highest BCUT2D eigenvalue weighted by Crippen LogP contribution is 2.29. The van der Waals surface area contributed by atoms with Crippen molar-refractivity contribution in [1.29, 1.82) is 0 Å². The minimum Gasteiger partial charge on any atom is -0.508 e. The Morgan fingerprint density at radius 3 is 2.42 bits per heavy atom. The molecule has 2 rings (SSSR count). The Morgan fingerprint density at radius 2 is 1.79 bits per heavy atom. The number of benzene rings is 2.